The van der Waals surface area contributed by atoms with Crippen molar-refractivity contribution < 1.29 is 9.53 Å². The predicted molar refractivity (Wildman–Crippen MR) is 122 cm³/mol. The van der Waals surface area contributed by atoms with Crippen LogP contribution in [0.15, 0.2) is 57.9 Å². The molecule has 1 aromatic carbocycles. The summed E-state index contributed by atoms with van der Waals surface area (Å²) in [6.07, 6.45) is 5.00. The summed E-state index contributed by atoms with van der Waals surface area (Å²) < 4.78 is 12.7. The summed E-state index contributed by atoms with van der Waals surface area (Å²) in [6, 6.07) is 9.18. The van der Waals surface area contributed by atoms with Crippen molar-refractivity contribution >= 4 is 43.5 Å². The van der Waals surface area contributed by atoms with Gasteiger partial charge in [-0.15, -0.1) is 0 Å². The Morgan fingerprint density at radius 1 is 1.10 bits per heavy atom. The first-order valence-electron chi connectivity index (χ1n) is 9.34. The van der Waals surface area contributed by atoms with Gasteiger partial charge in [0.1, 0.15) is 12.4 Å². The van der Waals surface area contributed by atoms with Gasteiger partial charge >= 0.3 is 0 Å². The first-order valence-corrected chi connectivity index (χ1v) is 10.9. The lowest BCUT2D eigenvalue weighted by Crippen LogP contribution is -2.15. The fourth-order valence-electron chi connectivity index (χ4n) is 2.88. The number of hydrogen-bond donors (Lipinski definition) is 1. The summed E-state index contributed by atoms with van der Waals surface area (Å²) >= 11 is 6.90. The van der Waals surface area contributed by atoms with E-state index in [9.17, 15) is 4.79 Å². The van der Waals surface area contributed by atoms with Crippen LogP contribution in [0.1, 0.15) is 21.9 Å². The molecule has 3 heterocycles. The number of carbonyl (C=O) groups is 1. The number of amides is 1. The van der Waals surface area contributed by atoms with Gasteiger partial charge < -0.3 is 10.1 Å². The van der Waals surface area contributed by atoms with E-state index in [2.05, 4.69) is 52.5 Å². The monoisotopic (exact) mass is 547 g/mol. The highest BCUT2D eigenvalue weighted by molar-refractivity contribution is 9.10. The summed E-state index contributed by atoms with van der Waals surface area (Å²) in [5.41, 5.74) is 2.77. The SMILES string of the molecule is Cc1nn(Cn2ccc(C(=O)Nc3cnn(COc4ccc(Br)cc4)c3)n2)c(C)c1Br. The lowest BCUT2D eigenvalue weighted by molar-refractivity contribution is 0.102. The maximum Gasteiger partial charge on any atom is 0.276 e. The van der Waals surface area contributed by atoms with E-state index in [1.54, 1.807) is 34.0 Å². The van der Waals surface area contributed by atoms with Crippen molar-refractivity contribution in [3.05, 3.63) is 74.9 Å². The molecule has 0 aliphatic heterocycles. The fraction of sp³-hybridized carbons (Fsp3) is 0.200. The zero-order valence-electron chi connectivity index (χ0n) is 16.8. The third-order valence-corrected chi connectivity index (χ3v) is 6.19. The third-order valence-electron chi connectivity index (χ3n) is 4.51. The van der Waals surface area contributed by atoms with Gasteiger partial charge in [0, 0.05) is 10.7 Å². The molecule has 4 aromatic rings. The Balaban J connectivity index is 1.34. The largest absolute Gasteiger partial charge is 0.471 e. The van der Waals surface area contributed by atoms with E-state index in [1.807, 2.05) is 42.8 Å². The predicted octanol–water partition coefficient (Wildman–Crippen LogP) is 4.21. The van der Waals surface area contributed by atoms with Crippen molar-refractivity contribution in [2.24, 2.45) is 0 Å². The van der Waals surface area contributed by atoms with E-state index in [-0.39, 0.29) is 12.6 Å². The van der Waals surface area contributed by atoms with Crippen molar-refractivity contribution in [2.75, 3.05) is 5.32 Å². The lowest BCUT2D eigenvalue weighted by atomic mass is 10.3. The van der Waals surface area contributed by atoms with Crippen LogP contribution in [0, 0.1) is 13.8 Å². The number of nitrogens with zero attached hydrogens (tertiary/aromatic N) is 6. The van der Waals surface area contributed by atoms with Crippen molar-refractivity contribution in [3.8, 4) is 5.75 Å². The fourth-order valence-corrected chi connectivity index (χ4v) is 3.43. The Hall–Kier alpha value is -2.92. The number of hydrogen-bond acceptors (Lipinski definition) is 5. The summed E-state index contributed by atoms with van der Waals surface area (Å²) in [7, 11) is 0. The van der Waals surface area contributed by atoms with Crippen LogP contribution < -0.4 is 10.1 Å². The Morgan fingerprint density at radius 3 is 2.58 bits per heavy atom. The number of nitrogens with one attached hydrogen (secondary N) is 1. The molecule has 1 N–H and O–H groups in total. The van der Waals surface area contributed by atoms with Gasteiger partial charge in [0.05, 0.1) is 33.9 Å². The maximum atomic E-state index is 12.5. The molecule has 9 nitrogen and oxygen atoms in total. The number of ether oxygens (including phenoxy) is 1. The minimum Gasteiger partial charge on any atom is -0.471 e. The quantitative estimate of drug-likeness (QED) is 0.373. The van der Waals surface area contributed by atoms with Crippen molar-refractivity contribution in [1.82, 2.24) is 29.3 Å². The third kappa shape index (κ3) is 5.05. The zero-order chi connectivity index (χ0) is 22.0. The highest BCUT2D eigenvalue weighted by Crippen LogP contribution is 2.20. The normalized spacial score (nSPS) is 11.0. The smallest absolute Gasteiger partial charge is 0.276 e. The number of benzene rings is 1. The number of aromatic nitrogens is 6. The molecule has 0 atom stereocenters. The first kappa shape index (κ1) is 21.3. The molecule has 0 unspecified atom stereocenters. The Bertz CT molecular complexity index is 1210. The Morgan fingerprint density at radius 2 is 1.87 bits per heavy atom. The minimum atomic E-state index is -0.318. The van der Waals surface area contributed by atoms with Gasteiger partial charge in [-0.05, 0) is 60.1 Å². The topological polar surface area (TPSA) is 91.8 Å². The molecule has 0 spiro atoms. The van der Waals surface area contributed by atoms with Crippen LogP contribution in [0.2, 0.25) is 0 Å². The standard InChI is InChI=1S/C20H19Br2N7O2/c1-13-19(22)14(2)29(25-13)11-27-8-7-18(26-27)20(30)24-16-9-23-28(10-16)12-31-17-5-3-15(21)4-6-17/h3-10H,11-12H2,1-2H3,(H,24,30). The molecule has 0 bridgehead atoms. The van der Waals surface area contributed by atoms with Crippen LogP contribution in [0.3, 0.4) is 0 Å². The second-order valence-electron chi connectivity index (χ2n) is 6.82. The van der Waals surface area contributed by atoms with Crippen molar-refractivity contribution in [1.29, 1.82) is 0 Å². The van der Waals surface area contributed by atoms with E-state index >= 15 is 0 Å². The Kier molecular flexibility index (Phi) is 6.23. The summed E-state index contributed by atoms with van der Waals surface area (Å²) in [4.78, 5) is 12.5. The highest BCUT2D eigenvalue weighted by atomic mass is 79.9. The molecule has 0 aliphatic rings. The number of rotatable bonds is 7. The number of carbonyl (C=O) groups excluding carboxylic acids is 1. The second kappa shape index (κ2) is 9.06. The van der Waals surface area contributed by atoms with Crippen LogP contribution >= 0.6 is 31.9 Å². The number of anilines is 1. The molecule has 3 aromatic heterocycles. The van der Waals surface area contributed by atoms with Gasteiger partial charge in [0.25, 0.3) is 5.91 Å². The molecule has 31 heavy (non-hydrogen) atoms. The summed E-state index contributed by atoms with van der Waals surface area (Å²) in [5, 5.41) is 15.8. The van der Waals surface area contributed by atoms with Gasteiger partial charge in [-0.1, -0.05) is 15.9 Å². The Labute approximate surface area is 195 Å². The first-order chi connectivity index (χ1) is 14.9. The number of aryl methyl sites for hydroxylation is 1. The van der Waals surface area contributed by atoms with Crippen LogP contribution in [0.5, 0.6) is 5.75 Å². The molecular weight excluding hydrogens is 530 g/mol. The van der Waals surface area contributed by atoms with E-state index in [0.717, 1.165) is 26.1 Å². The molecule has 0 aliphatic carbocycles. The molecule has 11 heteroatoms. The molecule has 0 saturated heterocycles. The van der Waals surface area contributed by atoms with Crippen molar-refractivity contribution in [2.45, 2.75) is 27.2 Å². The van der Waals surface area contributed by atoms with Crippen LogP contribution in [-0.4, -0.2) is 35.2 Å². The van der Waals surface area contributed by atoms with Gasteiger partial charge in [0.15, 0.2) is 12.4 Å². The van der Waals surface area contributed by atoms with E-state index < -0.39 is 0 Å². The van der Waals surface area contributed by atoms with Crippen LogP contribution in [0.4, 0.5) is 5.69 Å². The maximum absolute atomic E-state index is 12.5. The van der Waals surface area contributed by atoms with Gasteiger partial charge in [0.2, 0.25) is 0 Å². The second-order valence-corrected chi connectivity index (χ2v) is 8.52. The van der Waals surface area contributed by atoms with E-state index in [4.69, 9.17) is 4.74 Å². The van der Waals surface area contributed by atoms with Gasteiger partial charge in [-0.2, -0.15) is 15.3 Å². The molecule has 0 radical (unpaired) electrons. The van der Waals surface area contributed by atoms with Gasteiger partial charge in [-0.3, -0.25) is 9.48 Å². The molecule has 1 amide bonds. The lowest BCUT2D eigenvalue weighted by Gasteiger charge is -2.06. The minimum absolute atomic E-state index is 0.227. The van der Waals surface area contributed by atoms with Crippen LogP contribution in [-0.2, 0) is 13.4 Å². The summed E-state index contributed by atoms with van der Waals surface area (Å²) in [6.45, 7) is 4.54. The molecular formula is C20H19Br2N7O2. The molecule has 4 rings (SSSR count). The zero-order valence-corrected chi connectivity index (χ0v) is 20.0. The van der Waals surface area contributed by atoms with E-state index in [0.29, 0.717) is 18.1 Å². The molecule has 0 fully saturated rings. The van der Waals surface area contributed by atoms with E-state index in [1.165, 1.54) is 0 Å². The average molecular weight is 549 g/mol. The van der Waals surface area contributed by atoms with Crippen molar-refractivity contribution in [3.63, 3.8) is 0 Å². The number of halogens is 2. The highest BCUT2D eigenvalue weighted by Gasteiger charge is 2.13. The average Bonchev–Trinajstić information content (AvgIpc) is 3.46. The molecule has 0 saturated carbocycles. The van der Waals surface area contributed by atoms with Crippen LogP contribution in [0.25, 0.3) is 0 Å². The summed E-state index contributed by atoms with van der Waals surface area (Å²) in [5.74, 6) is 0.408. The molecule has 160 valence electrons. The van der Waals surface area contributed by atoms with Gasteiger partial charge in [-0.25, -0.2) is 9.36 Å².